The molecule has 0 spiro atoms. The van der Waals surface area contributed by atoms with Crippen LogP contribution in [0.1, 0.15) is 52.5 Å². The smallest absolute Gasteiger partial charge is 0.253 e. The second-order valence-electron chi connectivity index (χ2n) is 12.3. The normalized spacial score (nSPS) is 15.4. The largest absolute Gasteiger partial charge is 0.496 e. The monoisotopic (exact) mass is 697 g/mol. The van der Waals surface area contributed by atoms with E-state index in [0.717, 1.165) is 16.7 Å². The summed E-state index contributed by atoms with van der Waals surface area (Å²) < 4.78 is 23.8. The number of hydrogen-bond acceptors (Lipinski definition) is 10. The lowest BCUT2D eigenvalue weighted by molar-refractivity contribution is -0.136. The van der Waals surface area contributed by atoms with Gasteiger partial charge in [0.05, 0.1) is 27.3 Å². The van der Waals surface area contributed by atoms with Crippen LogP contribution < -0.4 is 19.5 Å². The van der Waals surface area contributed by atoms with Gasteiger partial charge >= 0.3 is 0 Å². The molecule has 0 radical (unpaired) electrons. The number of carbonyl (C=O) groups is 3. The Hall–Kier alpha value is -5.50. The number of ether oxygens (including phenoxy) is 4. The lowest BCUT2D eigenvalue weighted by Crippen LogP contribution is -2.35. The molecule has 4 bridgehead atoms. The number of carbonyl (C=O) groups excluding carboxylic acids is 3. The van der Waals surface area contributed by atoms with Crippen molar-refractivity contribution in [2.24, 2.45) is 7.05 Å². The Kier molecular flexibility index (Phi) is 11.4. The van der Waals surface area contributed by atoms with Gasteiger partial charge in [-0.05, 0) is 79.4 Å². The maximum atomic E-state index is 13.8. The molecule has 0 aliphatic carbocycles. The molecular formula is C37H43N7O7. The summed E-state index contributed by atoms with van der Waals surface area (Å²) in [5.74, 6) is 1.69. The molecular weight excluding hydrogens is 654 g/mol. The topological polar surface area (TPSA) is 150 Å². The molecule has 4 aromatic rings. The van der Waals surface area contributed by atoms with E-state index in [-0.39, 0.29) is 30.9 Å². The van der Waals surface area contributed by atoms with Crippen LogP contribution in [0.5, 0.6) is 17.2 Å². The fourth-order valence-electron chi connectivity index (χ4n) is 6.14. The molecule has 0 atom stereocenters. The van der Waals surface area contributed by atoms with E-state index in [4.69, 9.17) is 18.9 Å². The molecule has 6 rings (SSSR count). The third-order valence-electron chi connectivity index (χ3n) is 8.81. The minimum absolute atomic E-state index is 0.0157. The third kappa shape index (κ3) is 8.46. The van der Waals surface area contributed by atoms with Crippen LogP contribution in [0.2, 0.25) is 0 Å². The number of rotatable bonds is 6. The predicted octanol–water partition coefficient (Wildman–Crippen LogP) is 3.75. The van der Waals surface area contributed by atoms with Gasteiger partial charge in [-0.1, -0.05) is 12.1 Å². The van der Waals surface area contributed by atoms with Gasteiger partial charge in [0.25, 0.3) is 11.8 Å². The van der Waals surface area contributed by atoms with Crippen molar-refractivity contribution in [2.75, 3.05) is 59.7 Å². The maximum absolute atomic E-state index is 13.8. The number of nitrogens with one attached hydrogen (secondary N) is 1. The Bertz CT molecular complexity index is 1860. The molecule has 1 aromatic heterocycles. The second kappa shape index (κ2) is 16.5. The van der Waals surface area contributed by atoms with Crippen LogP contribution in [0.15, 0.2) is 54.6 Å². The highest BCUT2D eigenvalue weighted by Gasteiger charge is 2.25. The average Bonchev–Trinajstić information content (AvgIpc) is 3.47. The minimum atomic E-state index is -0.212. The van der Waals surface area contributed by atoms with E-state index in [0.29, 0.717) is 105 Å². The zero-order valence-electron chi connectivity index (χ0n) is 29.2. The minimum Gasteiger partial charge on any atom is -0.496 e. The van der Waals surface area contributed by atoms with Gasteiger partial charge in [-0.3, -0.25) is 14.4 Å². The summed E-state index contributed by atoms with van der Waals surface area (Å²) in [6.07, 6.45) is 1.94. The van der Waals surface area contributed by atoms with Crippen molar-refractivity contribution in [1.29, 1.82) is 0 Å². The van der Waals surface area contributed by atoms with Gasteiger partial charge in [0, 0.05) is 60.6 Å². The Morgan fingerprint density at radius 2 is 1.71 bits per heavy atom. The van der Waals surface area contributed by atoms with Crippen LogP contribution in [0.25, 0.3) is 22.5 Å². The molecule has 1 N–H and O–H groups in total. The van der Waals surface area contributed by atoms with Crippen LogP contribution >= 0.6 is 0 Å². The molecule has 268 valence electrons. The fraction of sp³-hybridized carbons (Fsp3) is 0.405. The quantitative estimate of drug-likeness (QED) is 0.316. The number of hydrogen-bond donors (Lipinski definition) is 1. The summed E-state index contributed by atoms with van der Waals surface area (Å²) >= 11 is 0. The highest BCUT2D eigenvalue weighted by Crippen LogP contribution is 2.41. The van der Waals surface area contributed by atoms with Gasteiger partial charge < -0.3 is 34.1 Å². The van der Waals surface area contributed by atoms with Crippen LogP contribution in [-0.2, 0) is 23.1 Å². The molecule has 14 nitrogen and oxygen atoms in total. The van der Waals surface area contributed by atoms with Crippen molar-refractivity contribution in [1.82, 2.24) is 35.3 Å². The molecule has 3 aromatic carbocycles. The number of benzene rings is 3. The van der Waals surface area contributed by atoms with Crippen LogP contribution in [0, 0.1) is 0 Å². The lowest BCUT2D eigenvalue weighted by atomic mass is 9.98. The fourth-order valence-corrected chi connectivity index (χ4v) is 6.14. The Morgan fingerprint density at radius 1 is 0.902 bits per heavy atom. The van der Waals surface area contributed by atoms with Crippen molar-refractivity contribution in [3.63, 3.8) is 0 Å². The molecule has 0 unspecified atom stereocenters. The molecule has 2 aliphatic heterocycles. The Balaban J connectivity index is 1.28. The van der Waals surface area contributed by atoms with Crippen molar-refractivity contribution in [3.8, 4) is 39.8 Å². The number of nitrogens with zero attached hydrogens (tertiary/aromatic N) is 6. The van der Waals surface area contributed by atoms with Crippen molar-refractivity contribution in [3.05, 3.63) is 71.3 Å². The van der Waals surface area contributed by atoms with E-state index in [9.17, 15) is 14.4 Å². The molecule has 3 heterocycles. The summed E-state index contributed by atoms with van der Waals surface area (Å²) in [5.41, 5.74) is 4.01. The highest BCUT2D eigenvalue weighted by atomic mass is 16.5. The Morgan fingerprint density at radius 3 is 2.47 bits per heavy atom. The number of aryl methyl sites for hydroxylation is 1. The summed E-state index contributed by atoms with van der Waals surface area (Å²) in [5, 5.41) is 15.2. The molecule has 14 heteroatoms. The molecule has 3 amide bonds. The van der Waals surface area contributed by atoms with Crippen molar-refractivity contribution >= 4 is 17.7 Å². The van der Waals surface area contributed by atoms with E-state index in [1.54, 1.807) is 49.4 Å². The number of aromatic nitrogens is 4. The van der Waals surface area contributed by atoms with E-state index in [2.05, 4.69) is 20.7 Å². The van der Waals surface area contributed by atoms with Gasteiger partial charge in [-0.25, -0.2) is 0 Å². The Labute approximate surface area is 296 Å². The predicted molar refractivity (Wildman–Crippen MR) is 188 cm³/mol. The van der Waals surface area contributed by atoms with Gasteiger partial charge in [0.1, 0.15) is 19.0 Å². The molecule has 51 heavy (non-hydrogen) atoms. The zero-order chi connectivity index (χ0) is 35.7. The van der Waals surface area contributed by atoms with Crippen LogP contribution in [0.4, 0.5) is 0 Å². The standard InChI is InChI=1S/C37H43N7O7/c1-4-49-24-33(45)44-17-19-51-34-29(23-44)20-28-22-32(34)50-18-7-16-43(37(47)26-10-8-25(9-11-26)35-39-41-42(2)40-35)15-6-5-14-38-36(46)27-12-13-31(48-3)30(28)21-27/h8-13,20-22H,4-7,14-19,23-24H2,1-3H3,(H,38,46). The third-order valence-corrected chi connectivity index (χ3v) is 8.81. The summed E-state index contributed by atoms with van der Waals surface area (Å²) in [7, 11) is 3.28. The van der Waals surface area contributed by atoms with E-state index >= 15 is 0 Å². The first-order valence-electron chi connectivity index (χ1n) is 17.2. The molecule has 0 saturated heterocycles. The van der Waals surface area contributed by atoms with Gasteiger partial charge in [0.15, 0.2) is 11.5 Å². The number of fused-ring (bicyclic) bond motifs is 7. The molecule has 0 saturated carbocycles. The summed E-state index contributed by atoms with van der Waals surface area (Å²) in [6, 6.07) is 16.3. The summed E-state index contributed by atoms with van der Waals surface area (Å²) in [6.45, 7) is 4.97. The van der Waals surface area contributed by atoms with Crippen molar-refractivity contribution in [2.45, 2.75) is 32.7 Å². The summed E-state index contributed by atoms with van der Waals surface area (Å²) in [4.78, 5) is 45.0. The molecule has 2 aliphatic rings. The van der Waals surface area contributed by atoms with E-state index in [1.165, 1.54) is 4.80 Å². The van der Waals surface area contributed by atoms with Crippen molar-refractivity contribution < 1.29 is 33.3 Å². The van der Waals surface area contributed by atoms with Crippen LogP contribution in [-0.4, -0.2) is 107 Å². The van der Waals surface area contributed by atoms with Gasteiger partial charge in [-0.2, -0.15) is 4.80 Å². The number of amides is 3. The van der Waals surface area contributed by atoms with E-state index in [1.807, 2.05) is 36.1 Å². The first-order chi connectivity index (χ1) is 24.8. The first kappa shape index (κ1) is 35.3. The zero-order valence-corrected chi connectivity index (χ0v) is 29.2. The SMILES string of the molecule is CCOCC(=O)N1CCOc2c(cc3cc2OCCCN(C(=O)c2ccc(-c4nnn(C)n4)cc2)CCCCNC(=O)c2ccc(OC)c-3c2)C1. The van der Waals surface area contributed by atoms with Gasteiger partial charge in [-0.15, -0.1) is 10.2 Å². The highest BCUT2D eigenvalue weighted by molar-refractivity contribution is 5.96. The maximum Gasteiger partial charge on any atom is 0.253 e. The van der Waals surface area contributed by atoms with Crippen LogP contribution in [0.3, 0.4) is 0 Å². The second-order valence-corrected chi connectivity index (χ2v) is 12.3. The number of methoxy groups -OCH3 is 1. The first-order valence-corrected chi connectivity index (χ1v) is 17.2. The molecule has 0 fully saturated rings. The number of tetrazole rings is 1. The average molecular weight is 698 g/mol. The van der Waals surface area contributed by atoms with E-state index < -0.39 is 0 Å². The van der Waals surface area contributed by atoms with Gasteiger partial charge in [0.2, 0.25) is 11.7 Å². The lowest BCUT2D eigenvalue weighted by Gasteiger charge is -2.23.